The van der Waals surface area contributed by atoms with E-state index in [2.05, 4.69) is 20.0 Å². The summed E-state index contributed by atoms with van der Waals surface area (Å²) in [6, 6.07) is 7.51. The molecule has 0 heterocycles. The fourth-order valence-corrected chi connectivity index (χ4v) is 2.94. The van der Waals surface area contributed by atoms with E-state index in [9.17, 15) is 28.6 Å². The molecule has 14 nitrogen and oxygen atoms in total. The molecular weight excluding hydrogens is 436 g/mol. The third-order valence-electron chi connectivity index (χ3n) is 3.62. The summed E-state index contributed by atoms with van der Waals surface area (Å²) in [4.78, 5) is 20.3. The second kappa shape index (κ2) is 9.49. The number of nitrogens with two attached hydrogens (primary N) is 1. The van der Waals surface area contributed by atoms with E-state index < -0.39 is 37.3 Å². The van der Waals surface area contributed by atoms with Crippen molar-refractivity contribution >= 4 is 33.7 Å². The lowest BCUT2D eigenvalue weighted by Gasteiger charge is -2.06. The molecule has 0 fully saturated rings. The fraction of sp³-hybridized carbons (Fsp3) is 0.125. The van der Waals surface area contributed by atoms with Gasteiger partial charge in [-0.15, -0.1) is 0 Å². The van der Waals surface area contributed by atoms with E-state index in [1.54, 1.807) is 19.1 Å². The summed E-state index contributed by atoms with van der Waals surface area (Å²) < 4.78 is 33.5. The minimum atomic E-state index is -4.22. The van der Waals surface area contributed by atoms with Crippen molar-refractivity contribution < 1.29 is 27.3 Å². The Morgan fingerprint density at radius 1 is 1.16 bits per heavy atom. The van der Waals surface area contributed by atoms with Gasteiger partial charge in [0.05, 0.1) is 34.8 Å². The molecule has 0 saturated carbocycles. The molecule has 0 bridgehead atoms. The molecule has 0 aromatic heterocycles. The summed E-state index contributed by atoms with van der Waals surface area (Å²) in [6.07, 6.45) is 0.940. The smallest absolute Gasteiger partial charge is 0.358 e. The number of benzene rings is 2. The second-order valence-corrected chi connectivity index (χ2v) is 7.32. The molecular formula is C16H16N6O8S. The first-order chi connectivity index (χ1) is 14.5. The summed E-state index contributed by atoms with van der Waals surface area (Å²) in [5.41, 5.74) is 7.10. The molecule has 0 unspecified atom stereocenters. The standard InChI is InChI=1S/C16H16N6O8S/c1-10-3-5-13(6-4-10)31(27,28)30-20-16(17)19-18-9-11-7-12(21(23)24)8-14(22(25)26)15(11)29-2/h3-9H,1-2H3,(H3,17,19,20). The van der Waals surface area contributed by atoms with Crippen LogP contribution in [-0.4, -0.2) is 37.5 Å². The number of guanidine groups is 1. The molecule has 2 rings (SSSR count). The molecule has 0 aliphatic carbocycles. The third-order valence-corrected chi connectivity index (χ3v) is 4.74. The summed E-state index contributed by atoms with van der Waals surface area (Å²) in [7, 11) is -3.08. The zero-order valence-corrected chi connectivity index (χ0v) is 16.9. The third kappa shape index (κ3) is 5.86. The van der Waals surface area contributed by atoms with Gasteiger partial charge < -0.3 is 10.5 Å². The number of nitro groups is 2. The first-order valence-corrected chi connectivity index (χ1v) is 9.59. The number of aryl methyl sites for hydroxylation is 1. The van der Waals surface area contributed by atoms with Crippen molar-refractivity contribution in [2.75, 3.05) is 7.11 Å². The number of ether oxygens (including phenoxy) is 1. The number of non-ortho nitro benzene ring substituents is 1. The zero-order valence-electron chi connectivity index (χ0n) is 16.1. The number of nitrogens with zero attached hydrogens (tertiary/aromatic N) is 4. The largest absolute Gasteiger partial charge is 0.490 e. The lowest BCUT2D eigenvalue weighted by Crippen LogP contribution is -2.28. The Morgan fingerprint density at radius 2 is 1.81 bits per heavy atom. The molecule has 0 aliphatic rings. The van der Waals surface area contributed by atoms with Crippen LogP contribution >= 0.6 is 0 Å². The van der Waals surface area contributed by atoms with Crippen molar-refractivity contribution in [1.29, 1.82) is 0 Å². The highest BCUT2D eigenvalue weighted by Crippen LogP contribution is 2.34. The lowest BCUT2D eigenvalue weighted by atomic mass is 10.1. The van der Waals surface area contributed by atoms with E-state index in [0.29, 0.717) is 0 Å². The average Bonchev–Trinajstić information content (AvgIpc) is 2.71. The topological polar surface area (TPSA) is 202 Å². The maximum Gasteiger partial charge on any atom is 0.358 e. The fourth-order valence-electron chi connectivity index (χ4n) is 2.20. The summed E-state index contributed by atoms with van der Waals surface area (Å²) in [5, 5.41) is 28.9. The van der Waals surface area contributed by atoms with Crippen LogP contribution in [0.4, 0.5) is 11.4 Å². The van der Waals surface area contributed by atoms with E-state index in [-0.39, 0.29) is 16.2 Å². The van der Waals surface area contributed by atoms with Gasteiger partial charge in [-0.25, -0.2) is 5.43 Å². The highest BCUT2D eigenvalue weighted by atomic mass is 32.2. The Labute approximate surface area is 175 Å². The van der Waals surface area contributed by atoms with Gasteiger partial charge in [-0.3, -0.25) is 24.5 Å². The monoisotopic (exact) mass is 452 g/mol. The lowest BCUT2D eigenvalue weighted by molar-refractivity contribution is -0.394. The van der Waals surface area contributed by atoms with Crippen LogP contribution in [0.25, 0.3) is 0 Å². The first-order valence-electron chi connectivity index (χ1n) is 8.19. The molecule has 0 saturated heterocycles. The van der Waals surface area contributed by atoms with Crippen LogP contribution in [0, 0.1) is 27.2 Å². The van der Waals surface area contributed by atoms with Gasteiger partial charge in [0.2, 0.25) is 5.75 Å². The predicted molar refractivity (Wildman–Crippen MR) is 108 cm³/mol. The van der Waals surface area contributed by atoms with Gasteiger partial charge >= 0.3 is 15.8 Å². The van der Waals surface area contributed by atoms with Crippen molar-refractivity contribution in [3.63, 3.8) is 0 Å². The molecule has 2 aromatic carbocycles. The molecule has 0 amide bonds. The molecule has 2 aromatic rings. The number of hydrogen-bond donors (Lipinski definition) is 2. The van der Waals surface area contributed by atoms with Crippen molar-refractivity contribution in [1.82, 2.24) is 5.43 Å². The highest BCUT2D eigenvalue weighted by Gasteiger charge is 2.24. The van der Waals surface area contributed by atoms with Crippen LogP contribution in [0.1, 0.15) is 11.1 Å². The molecule has 3 N–H and O–H groups in total. The number of oxime groups is 1. The van der Waals surface area contributed by atoms with Gasteiger partial charge in [0.25, 0.3) is 11.6 Å². The number of hydrogen-bond acceptors (Lipinski definition) is 10. The molecule has 0 aliphatic heterocycles. The van der Waals surface area contributed by atoms with Gasteiger partial charge in [0.15, 0.2) is 0 Å². The van der Waals surface area contributed by atoms with Crippen LogP contribution in [0.2, 0.25) is 0 Å². The van der Waals surface area contributed by atoms with E-state index in [0.717, 1.165) is 31.0 Å². The molecule has 0 spiro atoms. The zero-order chi connectivity index (χ0) is 23.2. The van der Waals surface area contributed by atoms with E-state index >= 15 is 0 Å². The first kappa shape index (κ1) is 23.0. The van der Waals surface area contributed by atoms with Crippen molar-refractivity contribution in [3.05, 3.63) is 67.8 Å². The minimum Gasteiger partial charge on any atom is -0.490 e. The number of methoxy groups -OCH3 is 1. The Morgan fingerprint density at radius 3 is 2.35 bits per heavy atom. The van der Waals surface area contributed by atoms with Crippen molar-refractivity contribution in [3.8, 4) is 5.75 Å². The van der Waals surface area contributed by atoms with Gasteiger partial charge in [-0.1, -0.05) is 17.7 Å². The molecule has 164 valence electrons. The predicted octanol–water partition coefficient (Wildman–Crippen LogP) is 1.38. The molecule has 31 heavy (non-hydrogen) atoms. The van der Waals surface area contributed by atoms with E-state index in [1.165, 1.54) is 12.1 Å². The summed E-state index contributed by atoms with van der Waals surface area (Å²) >= 11 is 0. The number of nitro benzene ring substituents is 2. The van der Waals surface area contributed by atoms with Crippen LogP contribution < -0.4 is 15.9 Å². The normalized spacial score (nSPS) is 11.9. The van der Waals surface area contributed by atoms with Gasteiger partial charge in [-0.05, 0) is 24.2 Å². The Kier molecular flexibility index (Phi) is 7.04. The quantitative estimate of drug-likeness (QED) is 0.255. The van der Waals surface area contributed by atoms with Gasteiger partial charge in [0.1, 0.15) is 4.90 Å². The number of rotatable bonds is 8. The van der Waals surface area contributed by atoms with E-state index in [4.69, 9.17) is 10.5 Å². The summed E-state index contributed by atoms with van der Waals surface area (Å²) in [5.74, 6) is -0.860. The van der Waals surface area contributed by atoms with Gasteiger partial charge in [-0.2, -0.15) is 13.5 Å². The highest BCUT2D eigenvalue weighted by molar-refractivity contribution is 7.86. The maximum atomic E-state index is 12.0. The summed E-state index contributed by atoms with van der Waals surface area (Å²) in [6.45, 7) is 1.78. The number of hydrazone groups is 1. The van der Waals surface area contributed by atoms with Crippen LogP contribution in [-0.2, 0) is 14.4 Å². The maximum absolute atomic E-state index is 12.0. The second-order valence-electron chi connectivity index (χ2n) is 5.79. The van der Waals surface area contributed by atoms with Gasteiger partial charge in [0, 0.05) is 6.07 Å². The average molecular weight is 452 g/mol. The minimum absolute atomic E-state index is 0.114. The SMILES string of the molecule is COc1c(C=NNC(N)=NOS(=O)(=O)c2ccc(C)cc2)cc([N+](=O)[O-])cc1[N+](=O)[O-]. The molecule has 0 atom stereocenters. The Bertz CT molecular complexity index is 1160. The number of nitrogens with one attached hydrogen (secondary N) is 1. The van der Waals surface area contributed by atoms with Crippen molar-refractivity contribution in [2.45, 2.75) is 11.8 Å². The Hall–Kier alpha value is -4.27. The van der Waals surface area contributed by atoms with Crippen LogP contribution in [0.3, 0.4) is 0 Å². The van der Waals surface area contributed by atoms with E-state index in [1.807, 2.05) is 0 Å². The van der Waals surface area contributed by atoms with Crippen molar-refractivity contribution in [2.24, 2.45) is 16.0 Å². The molecule has 15 heteroatoms. The molecule has 0 radical (unpaired) electrons. The van der Waals surface area contributed by atoms with Crippen LogP contribution in [0.15, 0.2) is 51.6 Å². The van der Waals surface area contributed by atoms with Crippen LogP contribution in [0.5, 0.6) is 5.75 Å². The Balaban J connectivity index is 2.20.